The number of imidazole rings is 1. The SMILES string of the molecule is CC(CNCc1cc2ccccc2o1)Cn1ccnc1. The van der Waals surface area contributed by atoms with Crippen molar-refractivity contribution < 1.29 is 4.42 Å². The van der Waals surface area contributed by atoms with Gasteiger partial charge in [0.15, 0.2) is 0 Å². The van der Waals surface area contributed by atoms with Gasteiger partial charge in [-0.2, -0.15) is 0 Å². The van der Waals surface area contributed by atoms with Crippen molar-refractivity contribution in [2.75, 3.05) is 6.54 Å². The van der Waals surface area contributed by atoms with E-state index in [0.29, 0.717) is 5.92 Å². The van der Waals surface area contributed by atoms with Crippen LogP contribution < -0.4 is 5.32 Å². The molecule has 1 N–H and O–H groups in total. The highest BCUT2D eigenvalue weighted by atomic mass is 16.3. The average molecular weight is 269 g/mol. The topological polar surface area (TPSA) is 43.0 Å². The lowest BCUT2D eigenvalue weighted by Gasteiger charge is -2.12. The van der Waals surface area contributed by atoms with Gasteiger partial charge in [0.1, 0.15) is 11.3 Å². The summed E-state index contributed by atoms with van der Waals surface area (Å²) < 4.78 is 7.88. The standard InChI is InChI=1S/C16H19N3O/c1-13(11-19-7-6-17-12-19)9-18-10-15-8-14-4-2-3-5-16(14)20-15/h2-8,12-13,18H,9-11H2,1H3. The molecule has 20 heavy (non-hydrogen) atoms. The van der Waals surface area contributed by atoms with E-state index in [9.17, 15) is 0 Å². The molecule has 3 rings (SSSR count). The summed E-state index contributed by atoms with van der Waals surface area (Å²) in [5.41, 5.74) is 0.954. The molecular weight excluding hydrogens is 250 g/mol. The van der Waals surface area contributed by atoms with Crippen LogP contribution in [0.2, 0.25) is 0 Å². The fourth-order valence-corrected chi connectivity index (χ4v) is 2.38. The molecule has 1 unspecified atom stereocenters. The van der Waals surface area contributed by atoms with Crippen LogP contribution in [0, 0.1) is 5.92 Å². The number of rotatable bonds is 6. The van der Waals surface area contributed by atoms with Gasteiger partial charge in [0.25, 0.3) is 0 Å². The minimum Gasteiger partial charge on any atom is -0.460 e. The van der Waals surface area contributed by atoms with Crippen LogP contribution >= 0.6 is 0 Å². The van der Waals surface area contributed by atoms with Crippen LogP contribution in [0.15, 0.2) is 53.5 Å². The molecule has 104 valence electrons. The van der Waals surface area contributed by atoms with E-state index in [2.05, 4.69) is 33.9 Å². The zero-order valence-corrected chi connectivity index (χ0v) is 11.6. The lowest BCUT2D eigenvalue weighted by molar-refractivity contribution is 0.427. The Hall–Kier alpha value is -2.07. The van der Waals surface area contributed by atoms with Crippen LogP contribution in [0.4, 0.5) is 0 Å². The number of benzene rings is 1. The Morgan fingerprint density at radius 3 is 3.05 bits per heavy atom. The van der Waals surface area contributed by atoms with Crippen LogP contribution in [0.5, 0.6) is 0 Å². The predicted octanol–water partition coefficient (Wildman–Crippen LogP) is 3.06. The third kappa shape index (κ3) is 3.08. The lowest BCUT2D eigenvalue weighted by Crippen LogP contribution is -2.23. The summed E-state index contributed by atoms with van der Waals surface area (Å²) in [6, 6.07) is 10.2. The Bertz CT molecular complexity index is 624. The summed E-state index contributed by atoms with van der Waals surface area (Å²) >= 11 is 0. The molecular formula is C16H19N3O. The predicted molar refractivity (Wildman–Crippen MR) is 79.3 cm³/mol. The van der Waals surface area contributed by atoms with E-state index in [1.165, 1.54) is 0 Å². The number of hydrogen-bond acceptors (Lipinski definition) is 3. The van der Waals surface area contributed by atoms with E-state index in [0.717, 1.165) is 36.4 Å². The highest BCUT2D eigenvalue weighted by Crippen LogP contribution is 2.18. The molecule has 0 bridgehead atoms. The molecule has 2 aromatic heterocycles. The van der Waals surface area contributed by atoms with Crippen molar-refractivity contribution in [1.29, 1.82) is 0 Å². The molecule has 0 aliphatic carbocycles. The first-order valence-electron chi connectivity index (χ1n) is 6.95. The minimum absolute atomic E-state index is 0.550. The highest BCUT2D eigenvalue weighted by Gasteiger charge is 2.05. The van der Waals surface area contributed by atoms with Crippen LogP contribution in [-0.4, -0.2) is 16.1 Å². The summed E-state index contributed by atoms with van der Waals surface area (Å²) in [4.78, 5) is 4.05. The molecule has 4 nitrogen and oxygen atoms in total. The summed E-state index contributed by atoms with van der Waals surface area (Å²) in [6.07, 6.45) is 5.67. The monoisotopic (exact) mass is 269 g/mol. The van der Waals surface area contributed by atoms with Crippen LogP contribution in [0.1, 0.15) is 12.7 Å². The zero-order valence-electron chi connectivity index (χ0n) is 11.6. The first-order chi connectivity index (χ1) is 9.81. The van der Waals surface area contributed by atoms with Crippen LogP contribution in [-0.2, 0) is 13.1 Å². The molecule has 0 saturated carbocycles. The van der Waals surface area contributed by atoms with Crippen molar-refractivity contribution >= 4 is 11.0 Å². The normalized spacial score (nSPS) is 12.8. The molecule has 3 aromatic rings. The molecule has 0 fully saturated rings. The second kappa shape index (κ2) is 5.92. The Balaban J connectivity index is 1.49. The van der Waals surface area contributed by atoms with Crippen molar-refractivity contribution in [2.24, 2.45) is 5.92 Å². The van der Waals surface area contributed by atoms with Crippen molar-refractivity contribution in [3.63, 3.8) is 0 Å². The van der Waals surface area contributed by atoms with Crippen molar-refractivity contribution in [3.8, 4) is 0 Å². The second-order valence-corrected chi connectivity index (χ2v) is 5.25. The average Bonchev–Trinajstić information content (AvgIpc) is 3.07. The summed E-state index contributed by atoms with van der Waals surface area (Å²) in [6.45, 7) is 4.93. The molecule has 0 aliphatic rings. The maximum absolute atomic E-state index is 5.78. The third-order valence-electron chi connectivity index (χ3n) is 3.35. The number of fused-ring (bicyclic) bond motifs is 1. The summed E-state index contributed by atoms with van der Waals surface area (Å²) in [5.74, 6) is 1.54. The summed E-state index contributed by atoms with van der Waals surface area (Å²) in [7, 11) is 0. The van der Waals surface area contributed by atoms with E-state index in [1.807, 2.05) is 36.9 Å². The number of nitrogens with zero attached hydrogens (tertiary/aromatic N) is 2. The molecule has 1 aromatic carbocycles. The van der Waals surface area contributed by atoms with Crippen molar-refractivity contribution in [3.05, 3.63) is 54.8 Å². The quantitative estimate of drug-likeness (QED) is 0.748. The number of nitrogens with one attached hydrogen (secondary N) is 1. The van der Waals surface area contributed by atoms with Crippen LogP contribution in [0.3, 0.4) is 0 Å². The Labute approximate surface area is 118 Å². The van der Waals surface area contributed by atoms with Crippen molar-refractivity contribution in [1.82, 2.24) is 14.9 Å². The first kappa shape index (κ1) is 12.9. The van der Waals surface area contributed by atoms with E-state index in [-0.39, 0.29) is 0 Å². The van der Waals surface area contributed by atoms with Crippen molar-refractivity contribution in [2.45, 2.75) is 20.0 Å². The lowest BCUT2D eigenvalue weighted by atomic mass is 10.2. The van der Waals surface area contributed by atoms with Gasteiger partial charge in [0.05, 0.1) is 12.9 Å². The second-order valence-electron chi connectivity index (χ2n) is 5.25. The third-order valence-corrected chi connectivity index (χ3v) is 3.35. The molecule has 0 radical (unpaired) electrons. The molecule has 1 atom stereocenters. The number of aromatic nitrogens is 2. The summed E-state index contributed by atoms with van der Waals surface area (Å²) in [5, 5.41) is 4.61. The minimum atomic E-state index is 0.550. The maximum Gasteiger partial charge on any atom is 0.134 e. The molecule has 4 heteroatoms. The first-order valence-corrected chi connectivity index (χ1v) is 6.95. The molecule has 0 aliphatic heterocycles. The van der Waals surface area contributed by atoms with E-state index >= 15 is 0 Å². The van der Waals surface area contributed by atoms with Gasteiger partial charge in [-0.25, -0.2) is 4.98 Å². The Kier molecular flexibility index (Phi) is 3.83. The van der Waals surface area contributed by atoms with Gasteiger partial charge in [-0.05, 0) is 24.6 Å². The molecule has 0 amide bonds. The van der Waals surface area contributed by atoms with Gasteiger partial charge < -0.3 is 14.3 Å². The fraction of sp³-hybridized carbons (Fsp3) is 0.312. The van der Waals surface area contributed by atoms with Gasteiger partial charge in [0, 0.05) is 24.3 Å². The van der Waals surface area contributed by atoms with Gasteiger partial charge in [0.2, 0.25) is 0 Å². The van der Waals surface area contributed by atoms with Gasteiger partial charge >= 0.3 is 0 Å². The number of hydrogen-bond donors (Lipinski definition) is 1. The molecule has 0 saturated heterocycles. The highest BCUT2D eigenvalue weighted by molar-refractivity contribution is 5.77. The van der Waals surface area contributed by atoms with Gasteiger partial charge in [-0.1, -0.05) is 25.1 Å². The molecule has 2 heterocycles. The van der Waals surface area contributed by atoms with E-state index < -0.39 is 0 Å². The van der Waals surface area contributed by atoms with Crippen LogP contribution in [0.25, 0.3) is 11.0 Å². The molecule has 0 spiro atoms. The Morgan fingerprint density at radius 1 is 1.35 bits per heavy atom. The Morgan fingerprint density at radius 2 is 2.25 bits per heavy atom. The smallest absolute Gasteiger partial charge is 0.134 e. The van der Waals surface area contributed by atoms with E-state index in [1.54, 1.807) is 0 Å². The number of furan rings is 1. The van der Waals surface area contributed by atoms with Gasteiger partial charge in [-0.3, -0.25) is 0 Å². The maximum atomic E-state index is 5.78. The fourth-order valence-electron chi connectivity index (χ4n) is 2.38. The van der Waals surface area contributed by atoms with Gasteiger partial charge in [-0.15, -0.1) is 0 Å². The van der Waals surface area contributed by atoms with E-state index in [4.69, 9.17) is 4.42 Å². The number of para-hydroxylation sites is 1. The largest absolute Gasteiger partial charge is 0.460 e. The zero-order chi connectivity index (χ0) is 13.8.